The normalized spacial score (nSPS) is 16.7. The van der Waals surface area contributed by atoms with Gasteiger partial charge < -0.3 is 10.2 Å². The van der Waals surface area contributed by atoms with Crippen molar-refractivity contribution in [3.8, 4) is 0 Å². The molecule has 2 aromatic rings. The Balaban J connectivity index is 1.43. The van der Waals surface area contributed by atoms with Crippen LogP contribution in [0.3, 0.4) is 0 Å². The highest BCUT2D eigenvalue weighted by atomic mass is 19.1. The van der Waals surface area contributed by atoms with Gasteiger partial charge in [0.2, 0.25) is 11.8 Å². The summed E-state index contributed by atoms with van der Waals surface area (Å²) in [6.45, 7) is 1.54. The molecule has 0 bridgehead atoms. The Morgan fingerprint density at radius 3 is 2.54 bits per heavy atom. The van der Waals surface area contributed by atoms with Crippen LogP contribution in [0.1, 0.15) is 17.5 Å². The highest BCUT2D eigenvalue weighted by molar-refractivity contribution is 5.89. The average Bonchev–Trinajstić information content (AvgIpc) is 3.03. The van der Waals surface area contributed by atoms with Crippen molar-refractivity contribution >= 4 is 11.8 Å². The van der Waals surface area contributed by atoms with Crippen LogP contribution in [0.4, 0.5) is 4.39 Å². The molecule has 2 heterocycles. The summed E-state index contributed by atoms with van der Waals surface area (Å²) in [5.41, 5.74) is 2.09. The van der Waals surface area contributed by atoms with Crippen molar-refractivity contribution in [1.29, 1.82) is 0 Å². The van der Waals surface area contributed by atoms with Gasteiger partial charge in [0, 0.05) is 38.4 Å². The van der Waals surface area contributed by atoms with Crippen molar-refractivity contribution in [3.05, 3.63) is 65.7 Å². The summed E-state index contributed by atoms with van der Waals surface area (Å²) >= 11 is 0. The monoisotopic (exact) mass is 355 g/mol. The molecule has 6 heteroatoms. The zero-order valence-corrected chi connectivity index (χ0v) is 14.5. The van der Waals surface area contributed by atoms with Crippen LogP contribution < -0.4 is 5.32 Å². The van der Waals surface area contributed by atoms with Gasteiger partial charge in [0.1, 0.15) is 5.82 Å². The van der Waals surface area contributed by atoms with E-state index in [0.29, 0.717) is 26.1 Å². The molecule has 1 saturated heterocycles. The quantitative estimate of drug-likeness (QED) is 0.826. The SMILES string of the molecule is O=C(NCCc1ccncc1)C1CC(=O)N(CCc2ccc(F)cc2)C1. The molecule has 5 nitrogen and oxygen atoms in total. The van der Waals surface area contributed by atoms with E-state index in [2.05, 4.69) is 10.3 Å². The number of aromatic nitrogens is 1. The van der Waals surface area contributed by atoms with Gasteiger partial charge in [-0.15, -0.1) is 0 Å². The Hall–Kier alpha value is -2.76. The van der Waals surface area contributed by atoms with Gasteiger partial charge in [-0.1, -0.05) is 12.1 Å². The summed E-state index contributed by atoms with van der Waals surface area (Å²) in [5.74, 6) is -0.638. The first kappa shape index (κ1) is 18.0. The second-order valence-electron chi connectivity index (χ2n) is 6.51. The lowest BCUT2D eigenvalue weighted by Crippen LogP contribution is -2.34. The number of carbonyl (C=O) groups excluding carboxylic acids is 2. The number of hydrogen-bond donors (Lipinski definition) is 1. The van der Waals surface area contributed by atoms with Crippen LogP contribution in [0.2, 0.25) is 0 Å². The second-order valence-corrected chi connectivity index (χ2v) is 6.51. The number of nitrogens with one attached hydrogen (secondary N) is 1. The number of halogens is 1. The number of amides is 2. The van der Waals surface area contributed by atoms with E-state index in [1.807, 2.05) is 12.1 Å². The lowest BCUT2D eigenvalue weighted by molar-refractivity contribution is -0.129. The molecule has 1 aliphatic heterocycles. The number of benzene rings is 1. The van der Waals surface area contributed by atoms with Crippen molar-refractivity contribution in [2.45, 2.75) is 19.3 Å². The van der Waals surface area contributed by atoms with E-state index in [1.165, 1.54) is 12.1 Å². The Labute approximate surface area is 152 Å². The van der Waals surface area contributed by atoms with Crippen molar-refractivity contribution in [2.75, 3.05) is 19.6 Å². The highest BCUT2D eigenvalue weighted by Crippen LogP contribution is 2.18. The number of likely N-dealkylation sites (tertiary alicyclic amines) is 1. The van der Waals surface area contributed by atoms with Gasteiger partial charge in [-0.05, 0) is 48.2 Å². The molecule has 1 aromatic carbocycles. The van der Waals surface area contributed by atoms with E-state index in [4.69, 9.17) is 0 Å². The maximum atomic E-state index is 12.9. The van der Waals surface area contributed by atoms with Crippen LogP contribution in [0.5, 0.6) is 0 Å². The van der Waals surface area contributed by atoms with E-state index >= 15 is 0 Å². The molecule has 0 aliphatic carbocycles. The fourth-order valence-corrected chi connectivity index (χ4v) is 3.10. The summed E-state index contributed by atoms with van der Waals surface area (Å²) in [6.07, 6.45) is 5.10. The van der Waals surface area contributed by atoms with Crippen molar-refractivity contribution < 1.29 is 14.0 Å². The molecule has 1 unspecified atom stereocenters. The highest BCUT2D eigenvalue weighted by Gasteiger charge is 2.33. The predicted octanol–water partition coefficient (Wildman–Crippen LogP) is 1.97. The van der Waals surface area contributed by atoms with Gasteiger partial charge in [0.05, 0.1) is 5.92 Å². The third-order valence-electron chi connectivity index (χ3n) is 4.63. The number of pyridine rings is 1. The Morgan fingerprint density at radius 1 is 1.12 bits per heavy atom. The van der Waals surface area contributed by atoms with Gasteiger partial charge in [-0.3, -0.25) is 14.6 Å². The second kappa shape index (κ2) is 8.56. The molecular formula is C20H22FN3O2. The van der Waals surface area contributed by atoms with Gasteiger partial charge in [-0.25, -0.2) is 4.39 Å². The number of rotatable bonds is 7. The van der Waals surface area contributed by atoms with E-state index in [-0.39, 0.29) is 30.0 Å². The largest absolute Gasteiger partial charge is 0.355 e. The van der Waals surface area contributed by atoms with Crippen molar-refractivity contribution in [1.82, 2.24) is 15.2 Å². The summed E-state index contributed by atoms with van der Waals surface area (Å²) in [6, 6.07) is 10.1. The fourth-order valence-electron chi connectivity index (χ4n) is 3.10. The predicted molar refractivity (Wildman–Crippen MR) is 95.7 cm³/mol. The van der Waals surface area contributed by atoms with Crippen molar-refractivity contribution in [2.24, 2.45) is 5.92 Å². The van der Waals surface area contributed by atoms with Crippen LogP contribution in [0.15, 0.2) is 48.8 Å². The molecule has 1 N–H and O–H groups in total. The minimum atomic E-state index is -0.298. The standard InChI is InChI=1S/C20H22FN3O2/c21-18-3-1-15(2-4-18)8-12-24-14-17(13-19(24)25)20(26)23-11-7-16-5-9-22-10-6-16/h1-6,9-10,17H,7-8,11-14H2,(H,23,26). The van der Waals surface area contributed by atoms with Crippen LogP contribution in [0.25, 0.3) is 0 Å². The molecule has 1 atom stereocenters. The zero-order valence-electron chi connectivity index (χ0n) is 14.5. The average molecular weight is 355 g/mol. The molecule has 2 amide bonds. The first-order valence-corrected chi connectivity index (χ1v) is 8.80. The topological polar surface area (TPSA) is 62.3 Å². The lowest BCUT2D eigenvalue weighted by atomic mass is 10.1. The third kappa shape index (κ3) is 4.88. The van der Waals surface area contributed by atoms with Gasteiger partial charge in [0.15, 0.2) is 0 Å². The maximum Gasteiger partial charge on any atom is 0.225 e. The van der Waals surface area contributed by atoms with E-state index in [9.17, 15) is 14.0 Å². The lowest BCUT2D eigenvalue weighted by Gasteiger charge is -2.16. The minimum Gasteiger partial charge on any atom is -0.355 e. The Bertz CT molecular complexity index is 749. The Kier molecular flexibility index (Phi) is 5.94. The van der Waals surface area contributed by atoms with E-state index in [0.717, 1.165) is 17.5 Å². The number of nitrogens with zero attached hydrogens (tertiary/aromatic N) is 2. The molecule has 136 valence electrons. The molecule has 1 fully saturated rings. The van der Waals surface area contributed by atoms with Crippen LogP contribution in [-0.2, 0) is 22.4 Å². The fraction of sp³-hybridized carbons (Fsp3) is 0.350. The zero-order chi connectivity index (χ0) is 18.4. The van der Waals surface area contributed by atoms with Gasteiger partial charge in [-0.2, -0.15) is 0 Å². The van der Waals surface area contributed by atoms with Crippen LogP contribution in [-0.4, -0.2) is 41.3 Å². The van der Waals surface area contributed by atoms with Crippen LogP contribution >= 0.6 is 0 Å². The molecule has 0 spiro atoms. The molecule has 1 aliphatic rings. The molecule has 0 radical (unpaired) electrons. The summed E-state index contributed by atoms with van der Waals surface area (Å²) in [4.78, 5) is 30.1. The molecule has 3 rings (SSSR count). The maximum absolute atomic E-state index is 12.9. The number of carbonyl (C=O) groups is 2. The molecular weight excluding hydrogens is 333 g/mol. The summed E-state index contributed by atoms with van der Waals surface area (Å²) in [7, 11) is 0. The third-order valence-corrected chi connectivity index (χ3v) is 4.63. The first-order chi connectivity index (χ1) is 12.6. The first-order valence-electron chi connectivity index (χ1n) is 8.80. The molecule has 1 aromatic heterocycles. The summed E-state index contributed by atoms with van der Waals surface area (Å²) in [5, 5.41) is 2.91. The van der Waals surface area contributed by atoms with E-state index in [1.54, 1.807) is 29.4 Å². The molecule has 0 saturated carbocycles. The van der Waals surface area contributed by atoms with E-state index < -0.39 is 0 Å². The number of hydrogen-bond acceptors (Lipinski definition) is 3. The minimum absolute atomic E-state index is 0.00129. The molecule has 26 heavy (non-hydrogen) atoms. The van der Waals surface area contributed by atoms with Gasteiger partial charge in [0.25, 0.3) is 0 Å². The van der Waals surface area contributed by atoms with Crippen LogP contribution in [0, 0.1) is 11.7 Å². The smallest absolute Gasteiger partial charge is 0.225 e. The Morgan fingerprint density at radius 2 is 1.81 bits per heavy atom. The van der Waals surface area contributed by atoms with Gasteiger partial charge >= 0.3 is 0 Å². The van der Waals surface area contributed by atoms with Crippen molar-refractivity contribution in [3.63, 3.8) is 0 Å². The summed E-state index contributed by atoms with van der Waals surface area (Å²) < 4.78 is 12.9.